The highest BCUT2D eigenvalue weighted by Gasteiger charge is 2.18. The minimum atomic E-state index is -3.71. The summed E-state index contributed by atoms with van der Waals surface area (Å²) in [5, 5.41) is 3.69. The van der Waals surface area contributed by atoms with Crippen LogP contribution < -0.4 is 10.0 Å². The Bertz CT molecular complexity index is 966. The van der Waals surface area contributed by atoms with Crippen molar-refractivity contribution in [1.29, 1.82) is 0 Å². The average molecular weight is 447 g/mol. The Morgan fingerprint density at radius 3 is 2.43 bits per heavy atom. The van der Waals surface area contributed by atoms with Crippen molar-refractivity contribution in [2.24, 2.45) is 0 Å². The van der Waals surface area contributed by atoms with Crippen LogP contribution in [-0.4, -0.2) is 31.9 Å². The molecule has 1 saturated carbocycles. The van der Waals surface area contributed by atoms with Gasteiger partial charge in [-0.1, -0.05) is 43.0 Å². The molecule has 1 fully saturated rings. The lowest BCUT2D eigenvalue weighted by molar-refractivity contribution is 0.0955. The zero-order valence-electron chi connectivity index (χ0n) is 17.6. The number of carbonyl (C=O) groups excluding carboxylic acids is 1. The molecule has 7 heteroatoms. The Labute approximate surface area is 184 Å². The molecule has 0 aromatic heterocycles. The number of hydrogen-bond acceptors (Lipinski definition) is 4. The second-order valence-electron chi connectivity index (χ2n) is 7.78. The van der Waals surface area contributed by atoms with Gasteiger partial charge in [-0.2, -0.15) is 11.8 Å². The molecule has 1 amide bonds. The number of hydrogen-bond donors (Lipinski definition) is 2. The summed E-state index contributed by atoms with van der Waals surface area (Å²) in [6, 6.07) is 11.8. The molecule has 2 aromatic carbocycles. The quantitative estimate of drug-likeness (QED) is 0.566. The number of thioether (sulfide) groups is 1. The third kappa shape index (κ3) is 6.01. The fraction of sp³-hybridized carbons (Fsp3) is 0.435. The first-order valence-electron chi connectivity index (χ1n) is 10.5. The second-order valence-corrected chi connectivity index (χ2v) is 10.9. The molecule has 0 atom stereocenters. The normalized spacial score (nSPS) is 15.0. The molecule has 2 N–H and O–H groups in total. The van der Waals surface area contributed by atoms with Crippen LogP contribution in [0.3, 0.4) is 0 Å². The van der Waals surface area contributed by atoms with Crippen LogP contribution in [0.1, 0.15) is 53.6 Å². The zero-order valence-corrected chi connectivity index (χ0v) is 19.2. The summed E-state index contributed by atoms with van der Waals surface area (Å²) in [6.07, 6.45) is 6.53. The van der Waals surface area contributed by atoms with E-state index in [9.17, 15) is 13.2 Å². The summed E-state index contributed by atoms with van der Waals surface area (Å²) >= 11 is 1.94. The van der Waals surface area contributed by atoms with Crippen molar-refractivity contribution in [3.8, 4) is 0 Å². The fourth-order valence-corrected chi connectivity index (χ4v) is 5.97. The highest BCUT2D eigenvalue weighted by Crippen LogP contribution is 2.28. The van der Waals surface area contributed by atoms with Crippen LogP contribution >= 0.6 is 11.8 Å². The van der Waals surface area contributed by atoms with Gasteiger partial charge in [0.1, 0.15) is 0 Å². The van der Waals surface area contributed by atoms with Gasteiger partial charge in [-0.25, -0.2) is 8.42 Å². The van der Waals surface area contributed by atoms with Crippen LogP contribution in [0.25, 0.3) is 0 Å². The Morgan fingerprint density at radius 2 is 1.73 bits per heavy atom. The van der Waals surface area contributed by atoms with Crippen LogP contribution in [0.5, 0.6) is 0 Å². The second kappa shape index (κ2) is 10.4. The molecule has 1 aliphatic carbocycles. The molecule has 2 aromatic rings. The summed E-state index contributed by atoms with van der Waals surface area (Å²) in [5.41, 5.74) is 2.51. The summed E-state index contributed by atoms with van der Waals surface area (Å²) in [6.45, 7) is 4.28. The molecule has 1 aliphatic rings. The number of benzene rings is 2. The van der Waals surface area contributed by atoms with Crippen LogP contribution in [0.2, 0.25) is 0 Å². The molecule has 5 nitrogen and oxygen atoms in total. The molecule has 0 bridgehead atoms. The Morgan fingerprint density at radius 1 is 1.03 bits per heavy atom. The van der Waals surface area contributed by atoms with Crippen molar-refractivity contribution >= 4 is 33.4 Å². The van der Waals surface area contributed by atoms with E-state index in [-0.39, 0.29) is 10.8 Å². The molecule has 0 unspecified atom stereocenters. The standard InChI is InChI=1S/C23H30N2O3S2/c1-17-11-13-20(14-12-17)30(27,28)25-22-10-6-9-21(18(22)2)23(26)24-15-16-29-19-7-4-3-5-8-19/h6,9-14,19,25H,3-5,7-8,15-16H2,1-2H3,(H,24,26). The van der Waals surface area contributed by atoms with E-state index in [0.29, 0.717) is 23.4 Å². The number of rotatable bonds is 8. The van der Waals surface area contributed by atoms with Crippen molar-refractivity contribution < 1.29 is 13.2 Å². The molecule has 0 aliphatic heterocycles. The van der Waals surface area contributed by atoms with Gasteiger partial charge < -0.3 is 5.32 Å². The van der Waals surface area contributed by atoms with Crippen LogP contribution in [0.15, 0.2) is 47.4 Å². The van der Waals surface area contributed by atoms with E-state index in [2.05, 4.69) is 10.0 Å². The maximum Gasteiger partial charge on any atom is 0.261 e. The van der Waals surface area contributed by atoms with Gasteiger partial charge in [0.25, 0.3) is 15.9 Å². The first kappa shape index (κ1) is 22.7. The van der Waals surface area contributed by atoms with Gasteiger partial charge in [-0.3, -0.25) is 9.52 Å². The van der Waals surface area contributed by atoms with Gasteiger partial charge in [0.15, 0.2) is 0 Å². The third-order valence-corrected chi connectivity index (χ3v) is 8.21. The number of nitrogens with one attached hydrogen (secondary N) is 2. The van der Waals surface area contributed by atoms with E-state index in [4.69, 9.17) is 0 Å². The predicted molar refractivity (Wildman–Crippen MR) is 125 cm³/mol. The molecule has 30 heavy (non-hydrogen) atoms. The molecule has 162 valence electrons. The van der Waals surface area contributed by atoms with E-state index in [1.165, 1.54) is 32.1 Å². The van der Waals surface area contributed by atoms with Crippen molar-refractivity contribution in [1.82, 2.24) is 5.32 Å². The smallest absolute Gasteiger partial charge is 0.261 e. The highest BCUT2D eigenvalue weighted by atomic mass is 32.2. The lowest BCUT2D eigenvalue weighted by Crippen LogP contribution is -2.27. The molecular formula is C23H30N2O3S2. The molecule has 0 radical (unpaired) electrons. The number of amides is 1. The van der Waals surface area contributed by atoms with Crippen LogP contribution in [0.4, 0.5) is 5.69 Å². The van der Waals surface area contributed by atoms with Gasteiger partial charge in [0, 0.05) is 23.1 Å². The van der Waals surface area contributed by atoms with E-state index >= 15 is 0 Å². The zero-order chi connectivity index (χ0) is 21.6. The van der Waals surface area contributed by atoms with Crippen molar-refractivity contribution in [3.63, 3.8) is 0 Å². The molecular weight excluding hydrogens is 416 g/mol. The van der Waals surface area contributed by atoms with Gasteiger partial charge in [-0.15, -0.1) is 0 Å². The third-order valence-electron chi connectivity index (χ3n) is 5.45. The summed E-state index contributed by atoms with van der Waals surface area (Å²) in [5.74, 6) is 0.725. The van der Waals surface area contributed by atoms with Crippen LogP contribution in [-0.2, 0) is 10.0 Å². The van der Waals surface area contributed by atoms with Crippen molar-refractivity contribution in [2.45, 2.75) is 56.1 Å². The van der Waals surface area contributed by atoms with Gasteiger partial charge in [0.2, 0.25) is 0 Å². The molecule has 0 spiro atoms. The molecule has 3 rings (SSSR count). The minimum absolute atomic E-state index is 0.173. The van der Waals surface area contributed by atoms with Gasteiger partial charge in [-0.05, 0) is 56.5 Å². The van der Waals surface area contributed by atoms with E-state index in [1.54, 1.807) is 49.4 Å². The monoisotopic (exact) mass is 446 g/mol. The largest absolute Gasteiger partial charge is 0.351 e. The Balaban J connectivity index is 1.60. The summed E-state index contributed by atoms with van der Waals surface area (Å²) in [4.78, 5) is 12.8. The predicted octanol–water partition coefficient (Wildman–Crippen LogP) is 4.90. The first-order valence-corrected chi connectivity index (χ1v) is 13.0. The lowest BCUT2D eigenvalue weighted by atomic mass is 10.0. The number of aryl methyl sites for hydroxylation is 1. The van der Waals surface area contributed by atoms with E-state index < -0.39 is 10.0 Å². The Hall–Kier alpha value is -1.99. The molecule has 0 heterocycles. The van der Waals surface area contributed by atoms with Crippen molar-refractivity contribution in [2.75, 3.05) is 17.0 Å². The topological polar surface area (TPSA) is 75.3 Å². The maximum atomic E-state index is 12.7. The summed E-state index contributed by atoms with van der Waals surface area (Å²) in [7, 11) is -3.71. The first-order chi connectivity index (χ1) is 14.4. The summed E-state index contributed by atoms with van der Waals surface area (Å²) < 4.78 is 28.0. The fourth-order valence-electron chi connectivity index (χ4n) is 3.63. The number of carbonyl (C=O) groups is 1. The number of anilines is 1. The van der Waals surface area contributed by atoms with Crippen molar-refractivity contribution in [3.05, 3.63) is 59.2 Å². The average Bonchev–Trinajstić information content (AvgIpc) is 2.73. The minimum Gasteiger partial charge on any atom is -0.351 e. The van der Waals surface area contributed by atoms with Crippen LogP contribution in [0, 0.1) is 13.8 Å². The number of sulfonamides is 1. The van der Waals surface area contributed by atoms with Gasteiger partial charge in [0.05, 0.1) is 10.6 Å². The Kier molecular flexibility index (Phi) is 7.83. The lowest BCUT2D eigenvalue weighted by Gasteiger charge is -2.21. The van der Waals surface area contributed by atoms with E-state index in [1.807, 2.05) is 18.7 Å². The highest BCUT2D eigenvalue weighted by molar-refractivity contribution is 7.99. The van der Waals surface area contributed by atoms with Gasteiger partial charge >= 0.3 is 0 Å². The maximum absolute atomic E-state index is 12.7. The van der Waals surface area contributed by atoms with E-state index in [0.717, 1.165) is 16.6 Å². The SMILES string of the molecule is Cc1ccc(S(=O)(=O)Nc2cccc(C(=O)NCCSC3CCCCC3)c2C)cc1. The molecule has 0 saturated heterocycles.